The SMILES string of the molecule is CN1CCC(Oc2cccc3c2ccn3CC(F)F)CC1. The number of halogens is 2. The number of hydrogen-bond acceptors (Lipinski definition) is 2. The Kier molecular flexibility index (Phi) is 4.10. The Morgan fingerprint density at radius 2 is 2.00 bits per heavy atom. The largest absolute Gasteiger partial charge is 0.490 e. The Morgan fingerprint density at radius 1 is 1.24 bits per heavy atom. The van der Waals surface area contributed by atoms with Crippen molar-refractivity contribution in [2.45, 2.75) is 31.9 Å². The van der Waals surface area contributed by atoms with E-state index in [1.807, 2.05) is 24.3 Å². The fraction of sp³-hybridized carbons (Fsp3) is 0.500. The summed E-state index contributed by atoms with van der Waals surface area (Å²) < 4.78 is 32.9. The number of hydrogen-bond donors (Lipinski definition) is 0. The lowest BCUT2D eigenvalue weighted by atomic mass is 10.1. The highest BCUT2D eigenvalue weighted by Crippen LogP contribution is 2.29. The maximum Gasteiger partial charge on any atom is 0.256 e. The molecule has 114 valence electrons. The summed E-state index contributed by atoms with van der Waals surface area (Å²) in [4.78, 5) is 2.29. The van der Waals surface area contributed by atoms with Crippen LogP contribution in [-0.2, 0) is 6.54 Å². The van der Waals surface area contributed by atoms with Crippen molar-refractivity contribution < 1.29 is 13.5 Å². The Bertz CT molecular complexity index is 603. The Balaban J connectivity index is 1.81. The van der Waals surface area contributed by atoms with Crippen LogP contribution in [0.2, 0.25) is 0 Å². The summed E-state index contributed by atoms with van der Waals surface area (Å²) in [5.41, 5.74) is 0.806. The van der Waals surface area contributed by atoms with Gasteiger partial charge in [-0.05, 0) is 38.1 Å². The van der Waals surface area contributed by atoms with Gasteiger partial charge in [0.15, 0.2) is 0 Å². The van der Waals surface area contributed by atoms with E-state index in [0.29, 0.717) is 0 Å². The van der Waals surface area contributed by atoms with Gasteiger partial charge in [-0.1, -0.05) is 6.07 Å². The molecule has 0 bridgehead atoms. The molecule has 0 saturated carbocycles. The van der Waals surface area contributed by atoms with Crippen LogP contribution < -0.4 is 4.74 Å². The molecule has 3 rings (SSSR count). The number of fused-ring (bicyclic) bond motifs is 1. The molecule has 0 spiro atoms. The van der Waals surface area contributed by atoms with Gasteiger partial charge in [0.1, 0.15) is 11.9 Å². The minimum absolute atomic E-state index is 0.213. The Morgan fingerprint density at radius 3 is 2.71 bits per heavy atom. The van der Waals surface area contributed by atoms with E-state index in [-0.39, 0.29) is 12.6 Å². The number of alkyl halides is 2. The molecule has 1 aliphatic rings. The predicted molar refractivity (Wildman–Crippen MR) is 79.1 cm³/mol. The molecule has 2 heterocycles. The van der Waals surface area contributed by atoms with Gasteiger partial charge in [-0.15, -0.1) is 0 Å². The summed E-state index contributed by atoms with van der Waals surface area (Å²) in [6.07, 6.45) is 1.58. The van der Waals surface area contributed by atoms with Crippen LogP contribution in [0.25, 0.3) is 10.9 Å². The van der Waals surface area contributed by atoms with Crippen molar-refractivity contribution in [2.24, 2.45) is 0 Å². The summed E-state index contributed by atoms with van der Waals surface area (Å²) in [5, 5.41) is 0.914. The molecule has 2 aromatic rings. The van der Waals surface area contributed by atoms with Crippen LogP contribution in [0.15, 0.2) is 30.5 Å². The van der Waals surface area contributed by atoms with E-state index in [2.05, 4.69) is 11.9 Å². The number of nitrogens with zero attached hydrogens (tertiary/aromatic N) is 2. The second-order valence-electron chi connectivity index (χ2n) is 5.67. The third-order valence-electron chi connectivity index (χ3n) is 4.07. The first-order chi connectivity index (χ1) is 10.1. The van der Waals surface area contributed by atoms with E-state index in [4.69, 9.17) is 4.74 Å². The molecule has 0 N–H and O–H groups in total. The molecule has 0 radical (unpaired) electrons. The van der Waals surface area contributed by atoms with E-state index in [1.54, 1.807) is 10.8 Å². The topological polar surface area (TPSA) is 17.4 Å². The number of aromatic nitrogens is 1. The van der Waals surface area contributed by atoms with Gasteiger partial charge < -0.3 is 14.2 Å². The van der Waals surface area contributed by atoms with Gasteiger partial charge in [0.05, 0.1) is 12.1 Å². The number of ether oxygens (including phenoxy) is 1. The first-order valence-corrected chi connectivity index (χ1v) is 7.34. The Labute approximate surface area is 123 Å². The minimum atomic E-state index is -2.35. The van der Waals surface area contributed by atoms with Crippen molar-refractivity contribution >= 4 is 10.9 Å². The normalized spacial score (nSPS) is 17.7. The van der Waals surface area contributed by atoms with Gasteiger partial charge in [-0.3, -0.25) is 0 Å². The third kappa shape index (κ3) is 3.18. The van der Waals surface area contributed by atoms with E-state index >= 15 is 0 Å². The summed E-state index contributed by atoms with van der Waals surface area (Å²) in [5.74, 6) is 0.801. The molecule has 0 atom stereocenters. The lowest BCUT2D eigenvalue weighted by Gasteiger charge is -2.29. The van der Waals surface area contributed by atoms with Gasteiger partial charge in [0.25, 0.3) is 6.43 Å². The van der Waals surface area contributed by atoms with Gasteiger partial charge in [-0.25, -0.2) is 8.78 Å². The number of piperidine rings is 1. The molecule has 1 fully saturated rings. The van der Waals surface area contributed by atoms with Crippen LogP contribution in [0.1, 0.15) is 12.8 Å². The van der Waals surface area contributed by atoms with Gasteiger partial charge in [-0.2, -0.15) is 0 Å². The van der Waals surface area contributed by atoms with Crippen molar-refractivity contribution in [3.05, 3.63) is 30.5 Å². The van der Waals surface area contributed by atoms with Gasteiger partial charge >= 0.3 is 0 Å². The molecular weight excluding hydrogens is 274 g/mol. The molecule has 1 aliphatic heterocycles. The molecule has 5 heteroatoms. The molecule has 1 aromatic heterocycles. The predicted octanol–water partition coefficient (Wildman–Crippen LogP) is 3.38. The average Bonchev–Trinajstić information content (AvgIpc) is 2.85. The number of rotatable bonds is 4. The van der Waals surface area contributed by atoms with E-state index in [1.165, 1.54) is 0 Å². The molecule has 21 heavy (non-hydrogen) atoms. The van der Waals surface area contributed by atoms with E-state index in [0.717, 1.165) is 42.6 Å². The van der Waals surface area contributed by atoms with Crippen molar-refractivity contribution in [2.75, 3.05) is 20.1 Å². The lowest BCUT2D eigenvalue weighted by molar-refractivity contribution is 0.115. The summed E-state index contributed by atoms with van der Waals surface area (Å²) >= 11 is 0. The fourth-order valence-corrected chi connectivity index (χ4v) is 2.89. The van der Waals surface area contributed by atoms with E-state index in [9.17, 15) is 8.78 Å². The van der Waals surface area contributed by atoms with Crippen LogP contribution in [0.5, 0.6) is 5.75 Å². The smallest absolute Gasteiger partial charge is 0.256 e. The molecule has 0 unspecified atom stereocenters. The average molecular weight is 294 g/mol. The molecular formula is C16H20F2N2O. The zero-order valence-corrected chi connectivity index (χ0v) is 12.1. The quantitative estimate of drug-likeness (QED) is 0.860. The maximum absolute atomic E-state index is 12.6. The van der Waals surface area contributed by atoms with Crippen LogP contribution in [0.3, 0.4) is 0 Å². The van der Waals surface area contributed by atoms with Crippen molar-refractivity contribution in [3.8, 4) is 5.75 Å². The monoisotopic (exact) mass is 294 g/mol. The van der Waals surface area contributed by atoms with Crippen molar-refractivity contribution in [3.63, 3.8) is 0 Å². The van der Waals surface area contributed by atoms with Crippen LogP contribution in [0.4, 0.5) is 8.78 Å². The number of likely N-dealkylation sites (tertiary alicyclic amines) is 1. The lowest BCUT2D eigenvalue weighted by Crippen LogP contribution is -2.35. The summed E-state index contributed by atoms with van der Waals surface area (Å²) in [6.45, 7) is 1.79. The van der Waals surface area contributed by atoms with Crippen molar-refractivity contribution in [1.82, 2.24) is 9.47 Å². The second-order valence-corrected chi connectivity index (χ2v) is 5.67. The molecule has 1 saturated heterocycles. The second kappa shape index (κ2) is 6.02. The highest BCUT2D eigenvalue weighted by molar-refractivity contribution is 5.86. The standard InChI is InChI=1S/C16H20F2N2O/c1-19-8-5-12(6-9-19)21-15-4-2-3-14-13(15)7-10-20(14)11-16(17)18/h2-4,7,10,12,16H,5-6,8-9,11H2,1H3. The zero-order chi connectivity index (χ0) is 14.8. The zero-order valence-electron chi connectivity index (χ0n) is 12.1. The van der Waals surface area contributed by atoms with Crippen molar-refractivity contribution in [1.29, 1.82) is 0 Å². The molecule has 1 aromatic carbocycles. The molecule has 3 nitrogen and oxygen atoms in total. The summed E-state index contributed by atoms with van der Waals surface area (Å²) in [7, 11) is 2.11. The first-order valence-electron chi connectivity index (χ1n) is 7.34. The highest BCUT2D eigenvalue weighted by atomic mass is 19.3. The van der Waals surface area contributed by atoms with Crippen LogP contribution in [-0.4, -0.2) is 42.1 Å². The number of benzene rings is 1. The Hall–Kier alpha value is -1.62. The fourth-order valence-electron chi connectivity index (χ4n) is 2.89. The highest BCUT2D eigenvalue weighted by Gasteiger charge is 2.19. The van der Waals surface area contributed by atoms with Crippen LogP contribution in [0, 0.1) is 0 Å². The van der Waals surface area contributed by atoms with E-state index < -0.39 is 6.43 Å². The molecule has 0 aliphatic carbocycles. The third-order valence-corrected chi connectivity index (χ3v) is 4.07. The van der Waals surface area contributed by atoms with Crippen LogP contribution >= 0.6 is 0 Å². The first kappa shape index (κ1) is 14.3. The maximum atomic E-state index is 12.6. The molecule has 0 amide bonds. The minimum Gasteiger partial charge on any atom is -0.490 e. The van der Waals surface area contributed by atoms with Gasteiger partial charge in [0, 0.05) is 24.7 Å². The summed E-state index contributed by atoms with van der Waals surface area (Å²) in [6, 6.07) is 7.52. The van der Waals surface area contributed by atoms with Gasteiger partial charge in [0.2, 0.25) is 0 Å².